The smallest absolute Gasteiger partial charge is 0.216 e. The summed E-state index contributed by atoms with van der Waals surface area (Å²) in [4.78, 5) is 6.06. The number of hydrogen-bond donors (Lipinski definition) is 1. The van der Waals surface area contributed by atoms with Gasteiger partial charge in [-0.15, -0.1) is 0 Å². The summed E-state index contributed by atoms with van der Waals surface area (Å²) in [7, 11) is -1.78. The Morgan fingerprint density at radius 1 is 1.25 bits per heavy atom. The molecule has 0 radical (unpaired) electrons. The molecule has 7 nitrogen and oxygen atoms in total. The van der Waals surface area contributed by atoms with Gasteiger partial charge in [0.25, 0.3) is 0 Å². The average Bonchev–Trinajstić information content (AvgIpc) is 2.65. The number of aliphatic imine (C=N–C) groups is 1. The molecule has 2 rings (SSSR count). The summed E-state index contributed by atoms with van der Waals surface area (Å²) >= 11 is 0. The molecule has 0 saturated carbocycles. The Bertz CT molecular complexity index is 779. The van der Waals surface area contributed by atoms with Crippen molar-refractivity contribution in [1.82, 2.24) is 14.5 Å². The molecule has 158 valence electrons. The van der Waals surface area contributed by atoms with Crippen LogP contribution in [0.3, 0.4) is 0 Å². The Kier molecular flexibility index (Phi) is 8.14. The van der Waals surface area contributed by atoms with Crippen LogP contribution in [-0.4, -0.2) is 75.3 Å². The van der Waals surface area contributed by atoms with Crippen molar-refractivity contribution < 1.29 is 21.9 Å². The van der Waals surface area contributed by atoms with Crippen LogP contribution in [0.15, 0.2) is 23.2 Å². The predicted octanol–water partition coefficient (Wildman–Crippen LogP) is 1.41. The lowest BCUT2D eigenvalue weighted by Gasteiger charge is -2.35. The number of rotatable bonds is 7. The van der Waals surface area contributed by atoms with Crippen molar-refractivity contribution in [2.45, 2.75) is 26.5 Å². The van der Waals surface area contributed by atoms with Crippen LogP contribution >= 0.6 is 0 Å². The van der Waals surface area contributed by atoms with E-state index < -0.39 is 21.7 Å². The Hall–Kier alpha value is -1.78. The average molecular weight is 419 g/mol. The highest BCUT2D eigenvalue weighted by molar-refractivity contribution is 7.89. The molecule has 1 aliphatic heterocycles. The fourth-order valence-corrected chi connectivity index (χ4v) is 4.17. The first kappa shape index (κ1) is 22.5. The van der Waals surface area contributed by atoms with E-state index in [-0.39, 0.29) is 30.6 Å². The summed E-state index contributed by atoms with van der Waals surface area (Å²) < 4.78 is 58.6. The molecule has 0 bridgehead atoms. The molecule has 1 aliphatic rings. The highest BCUT2D eigenvalue weighted by atomic mass is 32.2. The molecule has 28 heavy (non-hydrogen) atoms. The molecule has 1 fully saturated rings. The molecule has 1 saturated heterocycles. The minimum atomic E-state index is -3.37. The molecule has 0 atom stereocenters. The van der Waals surface area contributed by atoms with Crippen molar-refractivity contribution in [2.24, 2.45) is 4.99 Å². The van der Waals surface area contributed by atoms with Gasteiger partial charge in [0.05, 0.1) is 18.5 Å². The van der Waals surface area contributed by atoms with Crippen LogP contribution in [0.4, 0.5) is 8.78 Å². The molecule has 1 N–H and O–H groups in total. The van der Waals surface area contributed by atoms with Crippen molar-refractivity contribution >= 4 is 16.0 Å². The van der Waals surface area contributed by atoms with Crippen LogP contribution in [0.25, 0.3) is 0 Å². The van der Waals surface area contributed by atoms with Gasteiger partial charge in [-0.2, -0.15) is 4.31 Å². The van der Waals surface area contributed by atoms with E-state index in [4.69, 9.17) is 4.74 Å². The zero-order valence-corrected chi connectivity index (χ0v) is 17.3. The molecule has 0 spiro atoms. The van der Waals surface area contributed by atoms with E-state index in [0.29, 0.717) is 32.1 Å². The van der Waals surface area contributed by atoms with Gasteiger partial charge >= 0.3 is 0 Å². The molecule has 0 amide bonds. The lowest BCUT2D eigenvalue weighted by molar-refractivity contribution is 0.0904. The van der Waals surface area contributed by atoms with Gasteiger partial charge in [0.1, 0.15) is 11.6 Å². The lowest BCUT2D eigenvalue weighted by Crippen LogP contribution is -2.54. The van der Waals surface area contributed by atoms with E-state index >= 15 is 0 Å². The summed E-state index contributed by atoms with van der Waals surface area (Å²) in [5.74, 6) is -0.530. The lowest BCUT2D eigenvalue weighted by atomic mass is 10.2. The van der Waals surface area contributed by atoms with Crippen LogP contribution in [0.2, 0.25) is 0 Å². The Morgan fingerprint density at radius 3 is 2.54 bits per heavy atom. The first-order valence-electron chi connectivity index (χ1n) is 9.22. The highest BCUT2D eigenvalue weighted by Gasteiger charge is 2.28. The zero-order chi connectivity index (χ0) is 20.7. The normalized spacial score (nSPS) is 16.6. The maximum absolute atomic E-state index is 13.8. The van der Waals surface area contributed by atoms with Crippen molar-refractivity contribution in [3.05, 3.63) is 35.4 Å². The second-order valence-corrected chi connectivity index (χ2v) is 8.85. The maximum Gasteiger partial charge on any atom is 0.216 e. The third-order valence-corrected chi connectivity index (χ3v) is 6.22. The predicted molar refractivity (Wildman–Crippen MR) is 105 cm³/mol. The van der Waals surface area contributed by atoms with E-state index in [2.05, 4.69) is 10.3 Å². The van der Waals surface area contributed by atoms with Crippen LogP contribution in [-0.2, 0) is 21.3 Å². The second-order valence-electron chi connectivity index (χ2n) is 6.76. The van der Waals surface area contributed by atoms with Gasteiger partial charge in [-0.1, -0.05) is 0 Å². The van der Waals surface area contributed by atoms with Gasteiger partial charge in [0, 0.05) is 45.3 Å². The van der Waals surface area contributed by atoms with Crippen LogP contribution < -0.4 is 5.32 Å². The molecule has 1 heterocycles. The van der Waals surface area contributed by atoms with Gasteiger partial charge in [0.15, 0.2) is 5.96 Å². The molecular weight excluding hydrogens is 390 g/mol. The van der Waals surface area contributed by atoms with Crippen molar-refractivity contribution in [3.63, 3.8) is 0 Å². The molecule has 10 heteroatoms. The number of hydrogen-bond acceptors (Lipinski definition) is 4. The molecule has 1 aromatic carbocycles. The van der Waals surface area contributed by atoms with E-state index in [0.717, 1.165) is 18.2 Å². The van der Waals surface area contributed by atoms with Gasteiger partial charge in [-0.3, -0.25) is 4.99 Å². The summed E-state index contributed by atoms with van der Waals surface area (Å²) in [6, 6.07) is 3.29. The van der Waals surface area contributed by atoms with Crippen molar-refractivity contribution in [2.75, 3.05) is 45.6 Å². The highest BCUT2D eigenvalue weighted by Crippen LogP contribution is 2.11. The van der Waals surface area contributed by atoms with E-state index in [1.165, 1.54) is 4.31 Å². The molecule has 1 aromatic rings. The van der Waals surface area contributed by atoms with Gasteiger partial charge in [-0.05, 0) is 32.0 Å². The number of sulfonamides is 1. The molecule has 0 aromatic heterocycles. The fraction of sp³-hybridized carbons (Fsp3) is 0.611. The maximum atomic E-state index is 13.8. The minimum absolute atomic E-state index is 0.00984. The Balaban J connectivity index is 1.87. The van der Waals surface area contributed by atoms with Crippen LogP contribution in [0, 0.1) is 11.6 Å². The van der Waals surface area contributed by atoms with E-state index in [1.54, 1.807) is 7.05 Å². The number of ether oxygens (including phenoxy) is 1. The van der Waals surface area contributed by atoms with Crippen LogP contribution in [0.5, 0.6) is 0 Å². The quantitative estimate of drug-likeness (QED) is 0.535. The number of nitrogens with zero attached hydrogens (tertiary/aromatic N) is 3. The monoisotopic (exact) mass is 418 g/mol. The van der Waals surface area contributed by atoms with Crippen molar-refractivity contribution in [1.29, 1.82) is 0 Å². The third kappa shape index (κ3) is 6.39. The number of piperazine rings is 1. The number of benzene rings is 1. The van der Waals surface area contributed by atoms with Gasteiger partial charge in [-0.25, -0.2) is 17.2 Å². The summed E-state index contributed by atoms with van der Waals surface area (Å²) in [5.41, 5.74) is 0.201. The summed E-state index contributed by atoms with van der Waals surface area (Å²) in [5, 5.41) is 3.01. The number of nitrogens with one attached hydrogen (secondary N) is 1. The minimum Gasteiger partial charge on any atom is -0.378 e. The summed E-state index contributed by atoms with van der Waals surface area (Å²) in [6.45, 7) is 5.55. The fourth-order valence-electron chi connectivity index (χ4n) is 2.88. The Morgan fingerprint density at radius 2 is 1.93 bits per heavy atom. The largest absolute Gasteiger partial charge is 0.378 e. The van der Waals surface area contributed by atoms with E-state index in [1.807, 2.05) is 18.7 Å². The van der Waals surface area contributed by atoms with E-state index in [9.17, 15) is 17.2 Å². The molecule has 0 unspecified atom stereocenters. The third-order valence-electron chi connectivity index (χ3n) is 4.38. The topological polar surface area (TPSA) is 74.2 Å². The van der Waals surface area contributed by atoms with Crippen molar-refractivity contribution in [3.8, 4) is 0 Å². The SMILES string of the molecule is CN=C(NCc1cc(F)ccc1F)N1CCN(S(=O)(=O)CCOC(C)C)CC1. The molecular formula is C18H28F2N4O3S. The first-order chi connectivity index (χ1) is 13.2. The number of halogens is 2. The van der Waals surface area contributed by atoms with Crippen LogP contribution in [0.1, 0.15) is 19.4 Å². The molecule has 0 aliphatic carbocycles. The second kappa shape index (κ2) is 10.1. The summed E-state index contributed by atoms with van der Waals surface area (Å²) in [6.07, 6.45) is -0.00984. The first-order valence-corrected chi connectivity index (χ1v) is 10.8. The van der Waals surface area contributed by atoms with Gasteiger partial charge < -0.3 is 15.0 Å². The standard InChI is InChI=1S/C18H28F2N4O3S/c1-14(2)27-10-11-28(25,26)24-8-6-23(7-9-24)18(21-3)22-13-15-12-16(19)4-5-17(15)20/h4-5,12,14H,6-11,13H2,1-3H3,(H,21,22). The zero-order valence-electron chi connectivity index (χ0n) is 16.5. The number of guanidine groups is 1. The van der Waals surface area contributed by atoms with Gasteiger partial charge in [0.2, 0.25) is 10.0 Å². The Labute approximate surface area is 165 Å².